The Bertz CT molecular complexity index is 523. The minimum Gasteiger partial charge on any atom is -0.468 e. The summed E-state index contributed by atoms with van der Waals surface area (Å²) in [5.74, 6) is -0.262. The Kier molecular flexibility index (Phi) is 10.4. The van der Waals surface area contributed by atoms with Crippen LogP contribution < -0.4 is 5.73 Å². The Hall–Kier alpha value is -1.56. The lowest BCUT2D eigenvalue weighted by molar-refractivity contribution is -0.128. The highest BCUT2D eigenvalue weighted by atomic mass is 32.1. The van der Waals surface area contributed by atoms with Crippen LogP contribution in [0.5, 0.6) is 0 Å². The van der Waals surface area contributed by atoms with Gasteiger partial charge in [-0.25, -0.2) is 4.79 Å². The number of fused-ring (bicyclic) bond motifs is 1. The summed E-state index contributed by atoms with van der Waals surface area (Å²) in [5, 5.41) is 0.617. The second-order valence-electron chi connectivity index (χ2n) is 5.86. The summed E-state index contributed by atoms with van der Waals surface area (Å²) < 4.78 is 9.23. The number of esters is 1. The molecule has 0 atom stereocenters. The Morgan fingerprint density at radius 2 is 1.92 bits per heavy atom. The predicted molar refractivity (Wildman–Crippen MR) is 99.5 cm³/mol. The van der Waals surface area contributed by atoms with Crippen molar-refractivity contribution < 1.29 is 19.1 Å². The van der Waals surface area contributed by atoms with Gasteiger partial charge in [-0.2, -0.15) is 0 Å². The Balaban J connectivity index is 0.000000650. The monoisotopic (exact) mass is 357 g/mol. The van der Waals surface area contributed by atoms with E-state index in [1.165, 1.54) is 4.88 Å². The van der Waals surface area contributed by atoms with E-state index in [0.29, 0.717) is 35.7 Å². The molecule has 1 aromatic heterocycles. The molecule has 24 heavy (non-hydrogen) atoms. The lowest BCUT2D eigenvalue weighted by atomic mass is 9.77. The van der Waals surface area contributed by atoms with E-state index >= 15 is 0 Å². The van der Waals surface area contributed by atoms with E-state index in [0.717, 1.165) is 24.8 Å². The maximum atomic E-state index is 11.9. The van der Waals surface area contributed by atoms with Gasteiger partial charge in [-0.3, -0.25) is 4.79 Å². The molecule has 1 aliphatic rings. The largest absolute Gasteiger partial charge is 0.468 e. The summed E-state index contributed by atoms with van der Waals surface area (Å²) in [6.07, 6.45) is 3.05. The fourth-order valence-corrected chi connectivity index (χ4v) is 3.79. The third-order valence-electron chi connectivity index (χ3n) is 3.52. The van der Waals surface area contributed by atoms with Gasteiger partial charge in [0.05, 0.1) is 18.8 Å². The molecule has 6 heteroatoms. The molecule has 0 unspecified atom stereocenters. The minimum absolute atomic E-state index is 0.262. The third-order valence-corrected chi connectivity index (χ3v) is 4.58. The lowest BCUT2D eigenvalue weighted by Crippen LogP contribution is -2.22. The van der Waals surface area contributed by atoms with E-state index in [9.17, 15) is 9.59 Å². The number of thiophene rings is 1. The van der Waals surface area contributed by atoms with Crippen LogP contribution in [-0.4, -0.2) is 25.7 Å². The molecule has 0 aliphatic heterocycles. The average Bonchev–Trinajstić information content (AvgIpc) is 2.84. The second-order valence-corrected chi connectivity index (χ2v) is 6.99. The number of nitrogens with two attached hydrogens (primary N) is 1. The molecule has 0 saturated carbocycles. The summed E-state index contributed by atoms with van der Waals surface area (Å²) in [7, 11) is 0. The number of anilines is 1. The van der Waals surface area contributed by atoms with Crippen LogP contribution in [0.25, 0.3) is 0 Å². The molecule has 1 aromatic rings. The van der Waals surface area contributed by atoms with E-state index in [2.05, 4.69) is 18.6 Å². The van der Waals surface area contributed by atoms with Crippen molar-refractivity contribution in [3.05, 3.63) is 16.0 Å². The normalized spacial score (nSPS) is 14.1. The van der Waals surface area contributed by atoms with Gasteiger partial charge in [-0.1, -0.05) is 27.7 Å². The molecule has 5 nitrogen and oxygen atoms in total. The fourth-order valence-electron chi connectivity index (χ4n) is 2.42. The number of ether oxygens (including phenoxy) is 2. The van der Waals surface area contributed by atoms with Crippen LogP contribution in [-0.2, 0) is 27.1 Å². The molecule has 0 aromatic carbocycles. The Labute approximate surface area is 149 Å². The van der Waals surface area contributed by atoms with Gasteiger partial charge in [-0.15, -0.1) is 11.3 Å². The molecule has 0 radical (unpaired) electrons. The number of rotatable bonds is 4. The molecular weight excluding hydrogens is 326 g/mol. The maximum absolute atomic E-state index is 11.9. The summed E-state index contributed by atoms with van der Waals surface area (Å²) in [5.41, 5.74) is 8.03. The van der Waals surface area contributed by atoms with E-state index in [-0.39, 0.29) is 5.97 Å². The summed E-state index contributed by atoms with van der Waals surface area (Å²) in [4.78, 5) is 22.3. The molecule has 0 amide bonds. The first kappa shape index (κ1) is 22.4. The molecule has 1 heterocycles. The van der Waals surface area contributed by atoms with Crippen molar-refractivity contribution in [2.45, 2.75) is 60.8 Å². The molecule has 0 spiro atoms. The van der Waals surface area contributed by atoms with Crippen molar-refractivity contribution >= 4 is 28.8 Å². The van der Waals surface area contributed by atoms with Crippen LogP contribution in [0.3, 0.4) is 0 Å². The van der Waals surface area contributed by atoms with Crippen molar-refractivity contribution in [1.29, 1.82) is 0 Å². The van der Waals surface area contributed by atoms with Crippen LogP contribution in [0, 0.1) is 5.41 Å². The lowest BCUT2D eigenvalue weighted by Gasteiger charge is -2.29. The summed E-state index contributed by atoms with van der Waals surface area (Å²) in [6.45, 7) is 13.4. The molecule has 1 aliphatic carbocycles. The maximum Gasteiger partial charge on any atom is 0.341 e. The zero-order chi connectivity index (χ0) is 18.8. The SMILES string of the molecule is CC.CCOC(=O)c1c(N)sc2c1CCC(C)(C)C2.CCOC=O. The van der Waals surface area contributed by atoms with Crippen molar-refractivity contribution in [1.82, 2.24) is 0 Å². The van der Waals surface area contributed by atoms with Crippen LogP contribution in [0.1, 0.15) is 68.8 Å². The van der Waals surface area contributed by atoms with E-state index in [1.54, 1.807) is 18.3 Å². The number of carbonyl (C=O) groups is 2. The van der Waals surface area contributed by atoms with Gasteiger partial charge in [0.1, 0.15) is 5.00 Å². The van der Waals surface area contributed by atoms with Gasteiger partial charge >= 0.3 is 5.97 Å². The van der Waals surface area contributed by atoms with E-state index < -0.39 is 0 Å². The first-order chi connectivity index (χ1) is 11.4. The Morgan fingerprint density at radius 1 is 1.29 bits per heavy atom. The highest BCUT2D eigenvalue weighted by Crippen LogP contribution is 2.42. The fraction of sp³-hybridized carbons (Fsp3) is 0.667. The highest BCUT2D eigenvalue weighted by molar-refractivity contribution is 7.16. The topological polar surface area (TPSA) is 78.6 Å². The molecule has 138 valence electrons. The highest BCUT2D eigenvalue weighted by Gasteiger charge is 2.32. The number of hydrogen-bond acceptors (Lipinski definition) is 6. The number of nitrogen functional groups attached to an aromatic ring is 1. The predicted octanol–water partition coefficient (Wildman–Crippen LogP) is 4.23. The quantitative estimate of drug-likeness (QED) is 0.644. The number of hydrogen-bond donors (Lipinski definition) is 1. The molecule has 2 N–H and O–H groups in total. The van der Waals surface area contributed by atoms with Crippen LogP contribution in [0.4, 0.5) is 5.00 Å². The van der Waals surface area contributed by atoms with Crippen molar-refractivity contribution in [3.8, 4) is 0 Å². The molecular formula is C18H31NO4S. The zero-order valence-electron chi connectivity index (χ0n) is 15.7. The average molecular weight is 358 g/mol. The van der Waals surface area contributed by atoms with Crippen molar-refractivity contribution in [2.75, 3.05) is 18.9 Å². The van der Waals surface area contributed by atoms with Gasteiger partial charge in [0.15, 0.2) is 0 Å². The summed E-state index contributed by atoms with van der Waals surface area (Å²) >= 11 is 1.55. The Morgan fingerprint density at radius 3 is 2.38 bits per heavy atom. The van der Waals surface area contributed by atoms with Crippen molar-refractivity contribution in [2.24, 2.45) is 5.41 Å². The minimum atomic E-state index is -0.262. The summed E-state index contributed by atoms with van der Waals surface area (Å²) in [6, 6.07) is 0. The molecule has 0 saturated heterocycles. The first-order valence-electron chi connectivity index (χ1n) is 8.48. The van der Waals surface area contributed by atoms with Crippen LogP contribution in [0.15, 0.2) is 0 Å². The first-order valence-corrected chi connectivity index (χ1v) is 9.30. The number of carbonyl (C=O) groups excluding carboxylic acids is 2. The van der Waals surface area contributed by atoms with Crippen LogP contribution >= 0.6 is 11.3 Å². The van der Waals surface area contributed by atoms with Gasteiger partial charge in [-0.05, 0) is 44.1 Å². The molecule has 0 bridgehead atoms. The zero-order valence-corrected chi connectivity index (χ0v) is 16.5. The van der Waals surface area contributed by atoms with Gasteiger partial charge in [0.25, 0.3) is 6.47 Å². The van der Waals surface area contributed by atoms with Gasteiger partial charge in [0.2, 0.25) is 0 Å². The molecule has 2 rings (SSSR count). The third kappa shape index (κ3) is 6.51. The standard InChI is InChI=1S/C13H19NO2S.C3H6O2.C2H6/c1-4-16-12(15)10-8-5-6-13(2,3)7-9(8)17-11(10)14;1-2-5-3-4;1-2/h4-7,14H2,1-3H3;3H,2H2,1H3;1-2H3. The van der Waals surface area contributed by atoms with Gasteiger partial charge < -0.3 is 15.2 Å². The smallest absolute Gasteiger partial charge is 0.341 e. The van der Waals surface area contributed by atoms with Crippen molar-refractivity contribution in [3.63, 3.8) is 0 Å². The van der Waals surface area contributed by atoms with E-state index in [1.807, 2.05) is 20.8 Å². The molecule has 0 fully saturated rings. The van der Waals surface area contributed by atoms with Gasteiger partial charge in [0, 0.05) is 4.88 Å². The van der Waals surface area contributed by atoms with E-state index in [4.69, 9.17) is 10.5 Å². The van der Waals surface area contributed by atoms with Crippen LogP contribution in [0.2, 0.25) is 0 Å². The second kappa shape index (κ2) is 11.1.